The van der Waals surface area contributed by atoms with Crippen LogP contribution in [0.2, 0.25) is 0 Å². The van der Waals surface area contributed by atoms with Crippen molar-refractivity contribution >= 4 is 28.8 Å². The smallest absolute Gasteiger partial charge is 0.261 e. The Morgan fingerprint density at radius 1 is 1.08 bits per heavy atom. The molecule has 0 aliphatic carbocycles. The van der Waals surface area contributed by atoms with E-state index in [4.69, 9.17) is 0 Å². The molecule has 1 heterocycles. The second-order valence-corrected chi connectivity index (χ2v) is 6.52. The molecule has 0 aliphatic heterocycles. The number of hydrogen-bond acceptors (Lipinski definition) is 3. The fourth-order valence-corrected chi connectivity index (χ4v) is 3.03. The SMILES string of the molecule is CCCCN(C(=O)CCCNC(=O)c1cccs1)c1ccccc1. The number of nitrogens with zero attached hydrogens (tertiary/aromatic N) is 1. The highest BCUT2D eigenvalue weighted by Gasteiger charge is 2.14. The van der Waals surface area contributed by atoms with E-state index in [1.165, 1.54) is 11.3 Å². The van der Waals surface area contributed by atoms with Crippen molar-refractivity contribution in [3.05, 3.63) is 52.7 Å². The minimum atomic E-state index is -0.0663. The Kier molecular flexibility index (Phi) is 7.49. The molecule has 0 saturated carbocycles. The van der Waals surface area contributed by atoms with Crippen LogP contribution in [0.15, 0.2) is 47.8 Å². The van der Waals surface area contributed by atoms with Crippen LogP contribution < -0.4 is 10.2 Å². The van der Waals surface area contributed by atoms with Crippen LogP contribution in [0.3, 0.4) is 0 Å². The van der Waals surface area contributed by atoms with E-state index in [1.54, 1.807) is 6.07 Å². The van der Waals surface area contributed by atoms with Crippen LogP contribution in [0.1, 0.15) is 42.3 Å². The Bertz CT molecular complexity index is 626. The van der Waals surface area contributed by atoms with Gasteiger partial charge in [-0.05, 0) is 36.4 Å². The summed E-state index contributed by atoms with van der Waals surface area (Å²) in [6, 6.07) is 13.4. The van der Waals surface area contributed by atoms with E-state index in [9.17, 15) is 9.59 Å². The zero-order valence-electron chi connectivity index (χ0n) is 14.0. The highest BCUT2D eigenvalue weighted by Crippen LogP contribution is 2.16. The van der Waals surface area contributed by atoms with Crippen molar-refractivity contribution in [2.75, 3.05) is 18.0 Å². The Morgan fingerprint density at radius 3 is 2.54 bits per heavy atom. The number of para-hydroxylation sites is 1. The van der Waals surface area contributed by atoms with Crippen molar-refractivity contribution in [1.82, 2.24) is 5.32 Å². The topological polar surface area (TPSA) is 49.4 Å². The summed E-state index contributed by atoms with van der Waals surface area (Å²) in [5.41, 5.74) is 0.943. The summed E-state index contributed by atoms with van der Waals surface area (Å²) < 4.78 is 0. The maximum absolute atomic E-state index is 12.5. The normalized spacial score (nSPS) is 10.4. The summed E-state index contributed by atoms with van der Waals surface area (Å²) in [6.45, 7) is 3.37. The first kappa shape index (κ1) is 18.2. The number of amides is 2. The average molecular weight is 344 g/mol. The van der Waals surface area contributed by atoms with Gasteiger partial charge in [0.15, 0.2) is 0 Å². The van der Waals surface area contributed by atoms with E-state index < -0.39 is 0 Å². The van der Waals surface area contributed by atoms with Gasteiger partial charge in [-0.1, -0.05) is 37.6 Å². The lowest BCUT2D eigenvalue weighted by Gasteiger charge is -2.22. The van der Waals surface area contributed by atoms with Gasteiger partial charge in [0.05, 0.1) is 4.88 Å². The molecule has 1 aromatic heterocycles. The molecule has 0 spiro atoms. The molecular formula is C19H24N2O2S. The fraction of sp³-hybridized carbons (Fsp3) is 0.368. The number of anilines is 1. The summed E-state index contributed by atoms with van der Waals surface area (Å²) in [6.07, 6.45) is 3.11. The molecule has 0 saturated heterocycles. The maximum Gasteiger partial charge on any atom is 0.261 e. The number of carbonyl (C=O) groups excluding carboxylic acids is 2. The lowest BCUT2D eigenvalue weighted by atomic mass is 10.2. The van der Waals surface area contributed by atoms with Crippen LogP contribution in [-0.4, -0.2) is 24.9 Å². The molecule has 1 aromatic carbocycles. The number of thiophene rings is 1. The first-order valence-electron chi connectivity index (χ1n) is 8.39. The maximum atomic E-state index is 12.5. The van der Waals surface area contributed by atoms with Crippen LogP contribution in [0.4, 0.5) is 5.69 Å². The molecule has 0 unspecified atom stereocenters. The predicted molar refractivity (Wildman–Crippen MR) is 99.6 cm³/mol. The van der Waals surface area contributed by atoms with Gasteiger partial charge in [0.2, 0.25) is 5.91 Å². The molecule has 0 atom stereocenters. The first-order chi connectivity index (χ1) is 11.7. The van der Waals surface area contributed by atoms with E-state index in [2.05, 4.69) is 12.2 Å². The molecule has 5 heteroatoms. The number of hydrogen-bond donors (Lipinski definition) is 1. The molecule has 0 bridgehead atoms. The quantitative estimate of drug-likeness (QED) is 0.697. The lowest BCUT2D eigenvalue weighted by molar-refractivity contribution is -0.118. The second-order valence-electron chi connectivity index (χ2n) is 5.57. The van der Waals surface area contributed by atoms with Crippen molar-refractivity contribution in [2.24, 2.45) is 0 Å². The first-order valence-corrected chi connectivity index (χ1v) is 9.27. The van der Waals surface area contributed by atoms with Crippen LogP contribution in [0.25, 0.3) is 0 Å². The molecular weight excluding hydrogens is 320 g/mol. The molecule has 2 aromatic rings. The van der Waals surface area contributed by atoms with Gasteiger partial charge in [0.1, 0.15) is 0 Å². The molecule has 0 fully saturated rings. The van der Waals surface area contributed by atoms with Gasteiger partial charge < -0.3 is 10.2 Å². The average Bonchev–Trinajstić information content (AvgIpc) is 3.14. The molecule has 2 rings (SSSR count). The molecule has 128 valence electrons. The monoisotopic (exact) mass is 344 g/mol. The van der Waals surface area contributed by atoms with Gasteiger partial charge in [0.25, 0.3) is 5.91 Å². The number of carbonyl (C=O) groups is 2. The van der Waals surface area contributed by atoms with Gasteiger partial charge in [-0.25, -0.2) is 0 Å². The number of nitrogens with one attached hydrogen (secondary N) is 1. The van der Waals surface area contributed by atoms with E-state index >= 15 is 0 Å². The van der Waals surface area contributed by atoms with Gasteiger partial charge in [-0.3, -0.25) is 9.59 Å². The molecule has 4 nitrogen and oxygen atoms in total. The summed E-state index contributed by atoms with van der Waals surface area (Å²) in [5.74, 6) is 0.0448. The number of rotatable bonds is 9. The van der Waals surface area contributed by atoms with Crippen LogP contribution in [-0.2, 0) is 4.79 Å². The Hall–Kier alpha value is -2.14. The van der Waals surface area contributed by atoms with Crippen molar-refractivity contribution in [3.63, 3.8) is 0 Å². The highest BCUT2D eigenvalue weighted by molar-refractivity contribution is 7.12. The van der Waals surface area contributed by atoms with Crippen molar-refractivity contribution in [3.8, 4) is 0 Å². The van der Waals surface area contributed by atoms with E-state index in [0.29, 0.717) is 24.3 Å². The predicted octanol–water partition coefficient (Wildman–Crippen LogP) is 4.09. The summed E-state index contributed by atoms with van der Waals surface area (Å²) in [7, 11) is 0. The standard InChI is InChI=1S/C19H24N2O2S/c1-2-3-14-21(16-9-5-4-6-10-16)18(22)12-7-13-20-19(23)17-11-8-15-24-17/h4-6,8-11,15H,2-3,7,12-14H2,1H3,(H,20,23). The zero-order chi connectivity index (χ0) is 17.2. The summed E-state index contributed by atoms with van der Waals surface area (Å²) >= 11 is 1.42. The van der Waals surface area contributed by atoms with Crippen LogP contribution in [0.5, 0.6) is 0 Å². The minimum Gasteiger partial charge on any atom is -0.351 e. The van der Waals surface area contributed by atoms with Gasteiger partial charge in [-0.2, -0.15) is 0 Å². The lowest BCUT2D eigenvalue weighted by Crippen LogP contribution is -2.32. The minimum absolute atomic E-state index is 0.0663. The third kappa shape index (κ3) is 5.49. The highest BCUT2D eigenvalue weighted by atomic mass is 32.1. The van der Waals surface area contributed by atoms with Gasteiger partial charge in [0, 0.05) is 25.2 Å². The number of benzene rings is 1. The molecule has 0 radical (unpaired) electrons. The van der Waals surface area contributed by atoms with Crippen LogP contribution in [0, 0.1) is 0 Å². The summed E-state index contributed by atoms with van der Waals surface area (Å²) in [4.78, 5) is 26.9. The van der Waals surface area contributed by atoms with E-state index in [-0.39, 0.29) is 11.8 Å². The molecule has 1 N–H and O–H groups in total. The van der Waals surface area contributed by atoms with Gasteiger partial charge >= 0.3 is 0 Å². The third-order valence-corrected chi connectivity index (χ3v) is 4.57. The third-order valence-electron chi connectivity index (χ3n) is 3.70. The molecule has 2 amide bonds. The van der Waals surface area contributed by atoms with Crippen molar-refractivity contribution < 1.29 is 9.59 Å². The van der Waals surface area contributed by atoms with Crippen LogP contribution >= 0.6 is 11.3 Å². The van der Waals surface area contributed by atoms with Crippen molar-refractivity contribution in [2.45, 2.75) is 32.6 Å². The zero-order valence-corrected chi connectivity index (χ0v) is 14.8. The molecule has 24 heavy (non-hydrogen) atoms. The van der Waals surface area contributed by atoms with Crippen molar-refractivity contribution in [1.29, 1.82) is 0 Å². The second kappa shape index (κ2) is 9.88. The molecule has 0 aliphatic rings. The fourth-order valence-electron chi connectivity index (χ4n) is 2.39. The largest absolute Gasteiger partial charge is 0.351 e. The summed E-state index contributed by atoms with van der Waals surface area (Å²) in [5, 5.41) is 4.74. The van der Waals surface area contributed by atoms with E-state index in [1.807, 2.05) is 46.7 Å². The Balaban J connectivity index is 1.81. The van der Waals surface area contributed by atoms with E-state index in [0.717, 1.165) is 25.1 Å². The van der Waals surface area contributed by atoms with Gasteiger partial charge in [-0.15, -0.1) is 11.3 Å². The number of unbranched alkanes of at least 4 members (excludes halogenated alkanes) is 1. The Morgan fingerprint density at radius 2 is 1.88 bits per heavy atom. The Labute approximate surface area is 147 Å².